The van der Waals surface area contributed by atoms with Crippen molar-refractivity contribution < 1.29 is 9.53 Å². The summed E-state index contributed by atoms with van der Waals surface area (Å²) in [7, 11) is 1.54. The maximum absolute atomic E-state index is 12.6. The molecule has 4 rings (SSSR count). The minimum Gasteiger partial charge on any atom is -0.496 e. The average Bonchev–Trinajstić information content (AvgIpc) is 3.13. The zero-order chi connectivity index (χ0) is 18.8. The van der Waals surface area contributed by atoms with Crippen LogP contribution < -0.4 is 10.1 Å². The monoisotopic (exact) mass is 394 g/mol. The fourth-order valence-electron chi connectivity index (χ4n) is 2.78. The summed E-state index contributed by atoms with van der Waals surface area (Å²) >= 11 is 7.96. The number of amides is 1. The first-order valence-electron chi connectivity index (χ1n) is 8.25. The molecule has 0 unspecified atom stereocenters. The Kier molecular flexibility index (Phi) is 4.79. The third kappa shape index (κ3) is 3.52. The number of nitrogens with one attached hydrogen (secondary N) is 1. The van der Waals surface area contributed by atoms with Crippen molar-refractivity contribution in [1.82, 2.24) is 4.98 Å². The van der Waals surface area contributed by atoms with Crippen molar-refractivity contribution >= 4 is 44.7 Å². The van der Waals surface area contributed by atoms with Crippen molar-refractivity contribution in [2.24, 2.45) is 0 Å². The quantitative estimate of drug-likeness (QED) is 0.470. The number of ether oxygens (including phenoxy) is 1. The molecule has 3 aromatic carbocycles. The summed E-state index contributed by atoms with van der Waals surface area (Å²) in [5, 5.41) is 4.31. The van der Waals surface area contributed by atoms with E-state index in [1.165, 1.54) is 0 Å². The molecule has 1 aromatic heterocycles. The number of nitrogens with zero attached hydrogens (tertiary/aromatic N) is 1. The van der Waals surface area contributed by atoms with Gasteiger partial charge in [-0.05, 0) is 42.5 Å². The Morgan fingerprint density at radius 3 is 2.67 bits per heavy atom. The zero-order valence-electron chi connectivity index (χ0n) is 14.4. The van der Waals surface area contributed by atoms with Crippen LogP contribution in [0.15, 0.2) is 66.7 Å². The highest BCUT2D eigenvalue weighted by atomic mass is 35.5. The average molecular weight is 395 g/mol. The van der Waals surface area contributed by atoms with Crippen molar-refractivity contribution in [3.63, 3.8) is 0 Å². The Bertz CT molecular complexity index is 1110. The van der Waals surface area contributed by atoms with Crippen LogP contribution in [0, 0.1) is 0 Å². The van der Waals surface area contributed by atoms with Gasteiger partial charge in [0.05, 0.1) is 27.9 Å². The normalized spacial score (nSPS) is 10.7. The molecule has 0 aliphatic rings. The van der Waals surface area contributed by atoms with Crippen LogP contribution in [0.1, 0.15) is 10.4 Å². The standard InChI is InChI=1S/C21H15ClN2O2S/c1-26-18-8-4-2-6-14(18)20(25)23-13-10-11-16(22)15(12-13)21-24-17-7-3-5-9-19(17)27-21/h2-12H,1H3,(H,23,25). The van der Waals surface area contributed by atoms with Crippen molar-refractivity contribution in [2.45, 2.75) is 0 Å². The maximum Gasteiger partial charge on any atom is 0.259 e. The van der Waals surface area contributed by atoms with Crippen LogP contribution in [0.2, 0.25) is 5.02 Å². The Labute approximate surface area is 165 Å². The lowest BCUT2D eigenvalue weighted by molar-refractivity contribution is 0.102. The van der Waals surface area contributed by atoms with Crippen LogP contribution in [0.3, 0.4) is 0 Å². The molecule has 0 fully saturated rings. The lowest BCUT2D eigenvalue weighted by Gasteiger charge is -2.10. The van der Waals surface area contributed by atoms with Crippen LogP contribution in [0.4, 0.5) is 5.69 Å². The summed E-state index contributed by atoms with van der Waals surface area (Å²) in [5.41, 5.74) is 2.83. The zero-order valence-corrected chi connectivity index (χ0v) is 16.0. The highest BCUT2D eigenvalue weighted by Crippen LogP contribution is 2.36. The van der Waals surface area contributed by atoms with Crippen molar-refractivity contribution in [3.05, 3.63) is 77.3 Å². The fourth-order valence-corrected chi connectivity index (χ4v) is 4.04. The predicted octanol–water partition coefficient (Wildman–Crippen LogP) is 5.88. The predicted molar refractivity (Wildman–Crippen MR) is 111 cm³/mol. The molecule has 0 spiro atoms. The van der Waals surface area contributed by atoms with Gasteiger partial charge in [0.25, 0.3) is 5.91 Å². The van der Waals surface area contributed by atoms with Gasteiger partial charge in [-0.25, -0.2) is 4.98 Å². The van der Waals surface area contributed by atoms with Crippen LogP contribution in [0.5, 0.6) is 5.75 Å². The van der Waals surface area contributed by atoms with Crippen molar-refractivity contribution in [2.75, 3.05) is 12.4 Å². The number of hydrogen-bond acceptors (Lipinski definition) is 4. The molecular weight excluding hydrogens is 380 g/mol. The van der Waals surface area contributed by atoms with Gasteiger partial charge in [-0.2, -0.15) is 0 Å². The number of para-hydroxylation sites is 2. The molecule has 0 aliphatic carbocycles. The number of hydrogen-bond donors (Lipinski definition) is 1. The summed E-state index contributed by atoms with van der Waals surface area (Å²) < 4.78 is 6.35. The number of carbonyl (C=O) groups is 1. The molecule has 0 bridgehead atoms. The van der Waals surface area contributed by atoms with E-state index in [0.29, 0.717) is 22.0 Å². The van der Waals surface area contributed by atoms with Gasteiger partial charge in [-0.15, -0.1) is 11.3 Å². The molecule has 6 heteroatoms. The number of fused-ring (bicyclic) bond motifs is 1. The van der Waals surface area contributed by atoms with Crippen LogP contribution >= 0.6 is 22.9 Å². The van der Waals surface area contributed by atoms with E-state index < -0.39 is 0 Å². The maximum atomic E-state index is 12.6. The van der Waals surface area contributed by atoms with E-state index in [-0.39, 0.29) is 5.91 Å². The largest absolute Gasteiger partial charge is 0.496 e. The third-order valence-corrected chi connectivity index (χ3v) is 5.50. The van der Waals surface area contributed by atoms with Crippen LogP contribution in [-0.4, -0.2) is 18.0 Å². The summed E-state index contributed by atoms with van der Waals surface area (Å²) in [6.45, 7) is 0. The molecule has 4 nitrogen and oxygen atoms in total. The Morgan fingerprint density at radius 2 is 1.85 bits per heavy atom. The highest BCUT2D eigenvalue weighted by molar-refractivity contribution is 7.21. The molecule has 0 radical (unpaired) electrons. The van der Waals surface area contributed by atoms with Gasteiger partial charge in [0.2, 0.25) is 0 Å². The highest BCUT2D eigenvalue weighted by Gasteiger charge is 2.14. The summed E-state index contributed by atoms with van der Waals surface area (Å²) in [4.78, 5) is 17.3. The van der Waals surface area contributed by atoms with Crippen molar-refractivity contribution in [1.29, 1.82) is 0 Å². The lowest BCUT2D eigenvalue weighted by Crippen LogP contribution is -2.13. The SMILES string of the molecule is COc1ccccc1C(=O)Nc1ccc(Cl)c(-c2nc3ccccc3s2)c1. The molecule has 0 saturated carbocycles. The number of aromatic nitrogens is 1. The molecule has 1 N–H and O–H groups in total. The van der Waals surface area contributed by atoms with Gasteiger partial charge < -0.3 is 10.1 Å². The minimum atomic E-state index is -0.245. The van der Waals surface area contributed by atoms with Gasteiger partial charge in [0.1, 0.15) is 10.8 Å². The number of methoxy groups -OCH3 is 1. The molecule has 1 amide bonds. The first-order valence-corrected chi connectivity index (χ1v) is 9.45. The summed E-state index contributed by atoms with van der Waals surface area (Å²) in [5.74, 6) is 0.278. The number of halogens is 1. The lowest BCUT2D eigenvalue weighted by atomic mass is 10.1. The van der Waals surface area contributed by atoms with E-state index >= 15 is 0 Å². The van der Waals surface area contributed by atoms with Gasteiger partial charge in [0.15, 0.2) is 0 Å². The van der Waals surface area contributed by atoms with Gasteiger partial charge in [0, 0.05) is 11.3 Å². The van der Waals surface area contributed by atoms with Gasteiger partial charge in [-0.1, -0.05) is 35.9 Å². The molecule has 0 aliphatic heterocycles. The van der Waals surface area contributed by atoms with Crippen molar-refractivity contribution in [3.8, 4) is 16.3 Å². The first-order chi connectivity index (χ1) is 13.2. The Hall–Kier alpha value is -2.89. The molecule has 0 atom stereocenters. The van der Waals surface area contributed by atoms with E-state index in [1.807, 2.05) is 36.4 Å². The van der Waals surface area contributed by atoms with E-state index in [4.69, 9.17) is 16.3 Å². The second kappa shape index (κ2) is 7.39. The van der Waals surface area contributed by atoms with Crippen LogP contribution in [-0.2, 0) is 0 Å². The van der Waals surface area contributed by atoms with Gasteiger partial charge >= 0.3 is 0 Å². The molecule has 1 heterocycles. The fraction of sp³-hybridized carbons (Fsp3) is 0.0476. The number of rotatable bonds is 4. The number of thiazole rings is 1. The molecule has 4 aromatic rings. The Morgan fingerprint density at radius 1 is 1.07 bits per heavy atom. The summed E-state index contributed by atoms with van der Waals surface area (Å²) in [6.07, 6.45) is 0. The van der Waals surface area contributed by atoms with E-state index in [0.717, 1.165) is 20.8 Å². The van der Waals surface area contributed by atoms with Crippen LogP contribution in [0.25, 0.3) is 20.8 Å². The van der Waals surface area contributed by atoms with E-state index in [2.05, 4.69) is 10.3 Å². The number of carbonyl (C=O) groups excluding carboxylic acids is 1. The molecule has 0 saturated heterocycles. The number of anilines is 1. The molecule has 134 valence electrons. The first kappa shape index (κ1) is 17.5. The molecule has 27 heavy (non-hydrogen) atoms. The Balaban J connectivity index is 1.67. The smallest absolute Gasteiger partial charge is 0.259 e. The second-order valence-electron chi connectivity index (χ2n) is 5.84. The van der Waals surface area contributed by atoms with Gasteiger partial charge in [-0.3, -0.25) is 4.79 Å². The molecular formula is C21H15ClN2O2S. The second-order valence-corrected chi connectivity index (χ2v) is 7.27. The summed E-state index contributed by atoms with van der Waals surface area (Å²) in [6, 6.07) is 20.4. The van der Waals surface area contributed by atoms with E-state index in [1.54, 1.807) is 48.8 Å². The minimum absolute atomic E-state index is 0.245. The topological polar surface area (TPSA) is 51.2 Å². The van der Waals surface area contributed by atoms with E-state index in [9.17, 15) is 4.79 Å². The number of benzene rings is 3. The third-order valence-electron chi connectivity index (χ3n) is 4.10.